The zero-order chi connectivity index (χ0) is 13.9. The molecular formula is C15H23N3O. The lowest BCUT2D eigenvalue weighted by Crippen LogP contribution is -2.52. The van der Waals surface area contributed by atoms with Gasteiger partial charge >= 0.3 is 0 Å². The molecule has 2 rings (SSSR count). The van der Waals surface area contributed by atoms with Crippen LogP contribution in [0.1, 0.15) is 51.1 Å². The van der Waals surface area contributed by atoms with E-state index >= 15 is 0 Å². The normalized spacial score (nSPS) is 22.3. The van der Waals surface area contributed by atoms with Crippen molar-refractivity contribution in [2.75, 3.05) is 6.54 Å². The summed E-state index contributed by atoms with van der Waals surface area (Å²) in [7, 11) is 0. The minimum atomic E-state index is -0.746. The number of pyridine rings is 1. The predicted molar refractivity (Wildman–Crippen MR) is 75.4 cm³/mol. The fourth-order valence-electron chi connectivity index (χ4n) is 2.90. The Bertz CT molecular complexity index is 430. The molecular weight excluding hydrogens is 238 g/mol. The van der Waals surface area contributed by atoms with Gasteiger partial charge < -0.3 is 10.6 Å². The van der Waals surface area contributed by atoms with Crippen LogP contribution in [0.2, 0.25) is 0 Å². The van der Waals surface area contributed by atoms with Crippen LogP contribution < -0.4 is 5.73 Å². The number of carbonyl (C=O) groups is 1. The lowest BCUT2D eigenvalue weighted by atomic mass is 9.94. The Kier molecular flexibility index (Phi) is 4.20. The van der Waals surface area contributed by atoms with Crippen LogP contribution in [0.15, 0.2) is 24.5 Å². The maximum absolute atomic E-state index is 12.6. The predicted octanol–water partition coefficient (Wildman–Crippen LogP) is 2.26. The molecule has 2 atom stereocenters. The van der Waals surface area contributed by atoms with E-state index in [9.17, 15) is 4.79 Å². The van der Waals surface area contributed by atoms with Crippen LogP contribution in [-0.4, -0.2) is 27.9 Å². The number of likely N-dealkylation sites (tertiary alicyclic amines) is 1. The summed E-state index contributed by atoms with van der Waals surface area (Å²) in [5.74, 6) is 0.0775. The third-order valence-corrected chi connectivity index (χ3v) is 3.86. The Morgan fingerprint density at radius 2 is 2.21 bits per heavy atom. The molecule has 1 fully saturated rings. The highest BCUT2D eigenvalue weighted by atomic mass is 16.2. The van der Waals surface area contributed by atoms with Gasteiger partial charge in [-0.3, -0.25) is 9.78 Å². The Hall–Kier alpha value is -1.42. The van der Waals surface area contributed by atoms with Crippen LogP contribution in [0, 0.1) is 0 Å². The summed E-state index contributed by atoms with van der Waals surface area (Å²) >= 11 is 0. The number of hydrogen-bond donors (Lipinski definition) is 1. The molecule has 2 unspecified atom stereocenters. The monoisotopic (exact) mass is 261 g/mol. The number of amides is 1. The van der Waals surface area contributed by atoms with E-state index in [1.807, 2.05) is 24.0 Å². The van der Waals surface area contributed by atoms with Crippen molar-refractivity contribution < 1.29 is 4.79 Å². The van der Waals surface area contributed by atoms with Crippen molar-refractivity contribution in [1.29, 1.82) is 0 Å². The zero-order valence-electron chi connectivity index (χ0n) is 11.8. The van der Waals surface area contributed by atoms with E-state index in [-0.39, 0.29) is 11.9 Å². The largest absolute Gasteiger partial charge is 0.334 e. The molecule has 0 spiro atoms. The van der Waals surface area contributed by atoms with Gasteiger partial charge in [0.1, 0.15) is 0 Å². The molecule has 1 aliphatic heterocycles. The number of hydrogen-bond acceptors (Lipinski definition) is 3. The second-order valence-corrected chi connectivity index (χ2v) is 5.60. The van der Waals surface area contributed by atoms with E-state index < -0.39 is 5.54 Å². The lowest BCUT2D eigenvalue weighted by Gasteiger charge is -2.33. The van der Waals surface area contributed by atoms with Gasteiger partial charge in [0.15, 0.2) is 0 Å². The van der Waals surface area contributed by atoms with Gasteiger partial charge in [-0.15, -0.1) is 0 Å². The highest BCUT2D eigenvalue weighted by Gasteiger charge is 2.38. The van der Waals surface area contributed by atoms with Crippen molar-refractivity contribution in [3.8, 4) is 0 Å². The van der Waals surface area contributed by atoms with E-state index in [1.165, 1.54) is 0 Å². The first-order valence-corrected chi connectivity index (χ1v) is 7.06. The molecule has 4 heteroatoms. The molecule has 19 heavy (non-hydrogen) atoms. The van der Waals surface area contributed by atoms with Gasteiger partial charge in [-0.2, -0.15) is 0 Å². The third kappa shape index (κ3) is 2.95. The van der Waals surface area contributed by atoms with E-state index in [4.69, 9.17) is 5.73 Å². The van der Waals surface area contributed by atoms with Crippen LogP contribution in [0.4, 0.5) is 0 Å². The van der Waals surface area contributed by atoms with Crippen LogP contribution in [-0.2, 0) is 4.79 Å². The van der Waals surface area contributed by atoms with Crippen molar-refractivity contribution >= 4 is 5.91 Å². The standard InChI is InChI=1S/C15H23N3O/c1-3-8-15(2,16)14(19)18-11-4-5-13(18)12-6-9-17-10-7-12/h6-7,9-10,13H,3-5,8,11,16H2,1-2H3. The average Bonchev–Trinajstić information content (AvgIpc) is 2.87. The second kappa shape index (κ2) is 5.70. The van der Waals surface area contributed by atoms with Crippen molar-refractivity contribution in [2.45, 2.75) is 51.1 Å². The summed E-state index contributed by atoms with van der Waals surface area (Å²) in [4.78, 5) is 18.6. The Morgan fingerprint density at radius 1 is 1.53 bits per heavy atom. The molecule has 1 saturated heterocycles. The number of nitrogens with two attached hydrogens (primary N) is 1. The summed E-state index contributed by atoms with van der Waals surface area (Å²) in [6.45, 7) is 4.71. The Labute approximate surface area is 115 Å². The number of nitrogens with zero attached hydrogens (tertiary/aromatic N) is 2. The quantitative estimate of drug-likeness (QED) is 0.904. The van der Waals surface area contributed by atoms with Crippen LogP contribution in [0.5, 0.6) is 0 Å². The molecule has 1 aromatic heterocycles. The van der Waals surface area contributed by atoms with Gasteiger partial charge in [0, 0.05) is 18.9 Å². The fourth-order valence-corrected chi connectivity index (χ4v) is 2.90. The molecule has 4 nitrogen and oxygen atoms in total. The summed E-state index contributed by atoms with van der Waals surface area (Å²) in [5, 5.41) is 0. The molecule has 0 bridgehead atoms. The van der Waals surface area contributed by atoms with Gasteiger partial charge in [0.05, 0.1) is 11.6 Å². The first-order chi connectivity index (χ1) is 9.06. The molecule has 104 valence electrons. The Morgan fingerprint density at radius 3 is 2.84 bits per heavy atom. The molecule has 0 saturated carbocycles. The van der Waals surface area contributed by atoms with Crippen molar-refractivity contribution in [2.24, 2.45) is 5.73 Å². The molecule has 0 aromatic carbocycles. The van der Waals surface area contributed by atoms with Crippen LogP contribution >= 0.6 is 0 Å². The molecule has 1 aromatic rings. The average molecular weight is 261 g/mol. The third-order valence-electron chi connectivity index (χ3n) is 3.86. The summed E-state index contributed by atoms with van der Waals surface area (Å²) in [5.41, 5.74) is 6.60. The van der Waals surface area contributed by atoms with Gasteiger partial charge in [0.2, 0.25) is 5.91 Å². The van der Waals surface area contributed by atoms with E-state index in [0.717, 1.165) is 37.8 Å². The number of rotatable bonds is 4. The summed E-state index contributed by atoms with van der Waals surface area (Å²) in [6.07, 6.45) is 7.27. The van der Waals surface area contributed by atoms with Crippen LogP contribution in [0.3, 0.4) is 0 Å². The topological polar surface area (TPSA) is 59.2 Å². The zero-order valence-corrected chi connectivity index (χ0v) is 11.8. The van der Waals surface area contributed by atoms with Crippen molar-refractivity contribution in [1.82, 2.24) is 9.88 Å². The molecule has 1 aliphatic rings. The maximum atomic E-state index is 12.6. The van der Waals surface area contributed by atoms with E-state index in [1.54, 1.807) is 12.4 Å². The van der Waals surface area contributed by atoms with Gasteiger partial charge in [0.25, 0.3) is 0 Å². The molecule has 0 radical (unpaired) electrons. The van der Waals surface area contributed by atoms with Gasteiger partial charge in [-0.05, 0) is 43.9 Å². The first-order valence-electron chi connectivity index (χ1n) is 7.06. The van der Waals surface area contributed by atoms with E-state index in [2.05, 4.69) is 11.9 Å². The highest BCUT2D eigenvalue weighted by molar-refractivity contribution is 5.86. The Balaban J connectivity index is 2.17. The molecule has 1 amide bonds. The number of aromatic nitrogens is 1. The van der Waals surface area contributed by atoms with Crippen LogP contribution in [0.25, 0.3) is 0 Å². The minimum absolute atomic E-state index is 0.0775. The maximum Gasteiger partial charge on any atom is 0.242 e. The van der Waals surface area contributed by atoms with Gasteiger partial charge in [-0.1, -0.05) is 13.3 Å². The first kappa shape index (κ1) is 14.0. The fraction of sp³-hybridized carbons (Fsp3) is 0.600. The van der Waals surface area contributed by atoms with E-state index in [0.29, 0.717) is 0 Å². The summed E-state index contributed by atoms with van der Waals surface area (Å²) < 4.78 is 0. The molecule has 2 N–H and O–H groups in total. The minimum Gasteiger partial charge on any atom is -0.334 e. The highest BCUT2D eigenvalue weighted by Crippen LogP contribution is 2.33. The van der Waals surface area contributed by atoms with Crippen molar-refractivity contribution in [3.05, 3.63) is 30.1 Å². The molecule has 0 aliphatic carbocycles. The number of carbonyl (C=O) groups excluding carboxylic acids is 1. The second-order valence-electron chi connectivity index (χ2n) is 5.60. The van der Waals surface area contributed by atoms with Gasteiger partial charge in [-0.25, -0.2) is 0 Å². The summed E-state index contributed by atoms with van der Waals surface area (Å²) in [6, 6.07) is 4.14. The molecule has 2 heterocycles. The van der Waals surface area contributed by atoms with Crippen molar-refractivity contribution in [3.63, 3.8) is 0 Å². The lowest BCUT2D eigenvalue weighted by molar-refractivity contribution is -0.137. The SMILES string of the molecule is CCCC(C)(N)C(=O)N1CCCC1c1ccncc1. The smallest absolute Gasteiger partial charge is 0.242 e.